The molecule has 0 bridgehead atoms. The van der Waals surface area contributed by atoms with Crippen molar-refractivity contribution in [2.75, 3.05) is 6.61 Å². The van der Waals surface area contributed by atoms with Gasteiger partial charge in [-0.05, 0) is 37.1 Å². The number of fused-ring (bicyclic) bond motifs is 1. The zero-order chi connectivity index (χ0) is 22.2. The average molecular weight is 442 g/mol. The molecule has 1 N–H and O–H groups in total. The summed E-state index contributed by atoms with van der Waals surface area (Å²) in [5.74, 6) is 0.690. The first-order valence-corrected chi connectivity index (χ1v) is 11.4. The number of benzene rings is 1. The summed E-state index contributed by atoms with van der Waals surface area (Å²) in [5, 5.41) is 0. The molecule has 0 radical (unpaired) electrons. The molecule has 0 saturated heterocycles. The molecule has 4 aromatic rings. The van der Waals surface area contributed by atoms with E-state index in [2.05, 4.69) is 16.9 Å². The Morgan fingerprint density at radius 3 is 2.71 bits per heavy atom. The number of imidazole rings is 1. The Morgan fingerprint density at radius 2 is 2.03 bits per heavy atom. The highest BCUT2D eigenvalue weighted by atomic mass is 32.2. The summed E-state index contributed by atoms with van der Waals surface area (Å²) in [6, 6.07) is 4.50. The van der Waals surface area contributed by atoms with Gasteiger partial charge in [-0.25, -0.2) is 22.4 Å². The van der Waals surface area contributed by atoms with Crippen LogP contribution >= 0.6 is 0 Å². The maximum atomic E-state index is 13.0. The van der Waals surface area contributed by atoms with Gasteiger partial charge in [0.15, 0.2) is 0 Å². The second-order valence-electron chi connectivity index (χ2n) is 7.12. The van der Waals surface area contributed by atoms with E-state index < -0.39 is 10.0 Å². The van der Waals surface area contributed by atoms with Crippen molar-refractivity contribution in [1.82, 2.24) is 23.5 Å². The second-order valence-corrected chi connectivity index (χ2v) is 8.96. The summed E-state index contributed by atoms with van der Waals surface area (Å²) in [6.45, 7) is 4.26. The Labute approximate surface area is 179 Å². The van der Waals surface area contributed by atoms with Crippen molar-refractivity contribution >= 4 is 21.1 Å². The lowest BCUT2D eigenvalue weighted by molar-refractivity contribution is 0.341. The minimum atomic E-state index is -3.85. The lowest BCUT2D eigenvalue weighted by Gasteiger charge is -2.13. The lowest BCUT2D eigenvalue weighted by Crippen LogP contribution is -2.14. The summed E-state index contributed by atoms with van der Waals surface area (Å²) in [4.78, 5) is 24.2. The number of nitrogens with zero attached hydrogens (tertiary/aromatic N) is 4. The van der Waals surface area contributed by atoms with Crippen LogP contribution < -0.4 is 10.3 Å². The number of nitrogens with one attached hydrogen (secondary N) is 1. The van der Waals surface area contributed by atoms with Crippen molar-refractivity contribution in [3.05, 3.63) is 59.0 Å². The number of hydrogen-bond acceptors (Lipinski definition) is 6. The predicted molar refractivity (Wildman–Crippen MR) is 117 cm³/mol. The number of rotatable bonds is 7. The topological polar surface area (TPSA) is 112 Å². The van der Waals surface area contributed by atoms with Crippen molar-refractivity contribution in [3.8, 4) is 17.1 Å². The number of aromatic amines is 1. The van der Waals surface area contributed by atoms with Crippen LogP contribution in [0.15, 0.2) is 52.8 Å². The van der Waals surface area contributed by atoms with Crippen LogP contribution in [0.3, 0.4) is 0 Å². The predicted octanol–water partition coefficient (Wildman–Crippen LogP) is 2.71. The van der Waals surface area contributed by atoms with Crippen LogP contribution in [-0.4, -0.2) is 38.5 Å². The standard InChI is InChI=1S/C21H23N5O4S/c1-4-6-14-12-25(3)19-18(14)23-20(24-21(19)27)16-11-15(7-8-17(16)30-5-2)31(28,29)26-10-9-22-13-26/h7-13H,4-6H2,1-3H3,(H,23,24,27). The highest BCUT2D eigenvalue weighted by Gasteiger charge is 2.21. The zero-order valence-corrected chi connectivity index (χ0v) is 18.3. The minimum Gasteiger partial charge on any atom is -0.493 e. The molecule has 0 aliphatic carbocycles. The molecule has 1 aromatic carbocycles. The molecule has 10 heteroatoms. The van der Waals surface area contributed by atoms with E-state index in [1.165, 1.54) is 30.9 Å². The van der Waals surface area contributed by atoms with Crippen molar-refractivity contribution in [1.29, 1.82) is 0 Å². The van der Waals surface area contributed by atoms with Crippen LogP contribution in [0.1, 0.15) is 25.8 Å². The first-order valence-electron chi connectivity index (χ1n) is 9.95. The summed E-state index contributed by atoms with van der Waals surface area (Å²) >= 11 is 0. The number of aromatic nitrogens is 5. The third-order valence-electron chi connectivity index (χ3n) is 4.98. The van der Waals surface area contributed by atoms with Crippen LogP contribution in [0.25, 0.3) is 22.4 Å². The Hall–Kier alpha value is -3.40. The molecule has 0 saturated carbocycles. The van der Waals surface area contributed by atoms with Gasteiger partial charge in [0.05, 0.1) is 22.6 Å². The SMILES string of the molecule is CCCc1cn(C)c2c(=O)[nH]c(-c3cc(S(=O)(=O)n4ccnc4)ccc3OCC)nc12. The van der Waals surface area contributed by atoms with E-state index in [1.807, 2.05) is 20.2 Å². The maximum absolute atomic E-state index is 13.0. The summed E-state index contributed by atoms with van der Waals surface area (Å²) in [7, 11) is -2.04. The Morgan fingerprint density at radius 1 is 1.23 bits per heavy atom. The molecular formula is C21H23N5O4S. The summed E-state index contributed by atoms with van der Waals surface area (Å²) in [5.41, 5.74) is 2.15. The second kappa shape index (κ2) is 8.03. The highest BCUT2D eigenvalue weighted by molar-refractivity contribution is 7.90. The summed E-state index contributed by atoms with van der Waals surface area (Å²) in [6.07, 6.45) is 7.57. The number of hydrogen-bond donors (Lipinski definition) is 1. The third-order valence-corrected chi connectivity index (χ3v) is 6.60. The van der Waals surface area contributed by atoms with Crippen LogP contribution in [-0.2, 0) is 23.5 Å². The summed E-state index contributed by atoms with van der Waals surface area (Å²) < 4.78 is 34.4. The van der Waals surface area contributed by atoms with Gasteiger partial charge in [-0.2, -0.15) is 0 Å². The largest absolute Gasteiger partial charge is 0.493 e. The Kier molecular flexibility index (Phi) is 5.40. The fourth-order valence-corrected chi connectivity index (χ4v) is 4.75. The van der Waals surface area contributed by atoms with E-state index in [-0.39, 0.29) is 16.3 Å². The van der Waals surface area contributed by atoms with Crippen molar-refractivity contribution < 1.29 is 13.2 Å². The van der Waals surface area contributed by atoms with Crippen LogP contribution in [0, 0.1) is 0 Å². The maximum Gasteiger partial charge on any atom is 0.275 e. The Bertz CT molecular complexity index is 1400. The van der Waals surface area contributed by atoms with Crippen LogP contribution in [0.4, 0.5) is 0 Å². The van der Waals surface area contributed by atoms with Gasteiger partial charge in [0.1, 0.15) is 23.4 Å². The van der Waals surface area contributed by atoms with Gasteiger partial charge in [0, 0.05) is 25.6 Å². The molecule has 0 fully saturated rings. The molecule has 0 aliphatic heterocycles. The van der Waals surface area contributed by atoms with E-state index >= 15 is 0 Å². The molecule has 0 unspecified atom stereocenters. The molecule has 162 valence electrons. The normalized spacial score (nSPS) is 11.8. The molecule has 4 rings (SSSR count). The first-order chi connectivity index (χ1) is 14.9. The average Bonchev–Trinajstić information content (AvgIpc) is 3.38. The van der Waals surface area contributed by atoms with E-state index in [4.69, 9.17) is 9.72 Å². The molecule has 0 atom stereocenters. The first kappa shape index (κ1) is 20.9. The van der Waals surface area contributed by atoms with E-state index in [9.17, 15) is 13.2 Å². The number of aryl methyl sites for hydroxylation is 2. The van der Waals surface area contributed by atoms with Gasteiger partial charge >= 0.3 is 0 Å². The molecule has 0 amide bonds. The van der Waals surface area contributed by atoms with Gasteiger partial charge in [-0.15, -0.1) is 0 Å². The van der Waals surface area contributed by atoms with Crippen molar-refractivity contribution in [2.24, 2.45) is 7.05 Å². The van der Waals surface area contributed by atoms with Crippen LogP contribution in [0.2, 0.25) is 0 Å². The van der Waals surface area contributed by atoms with Crippen molar-refractivity contribution in [3.63, 3.8) is 0 Å². The molecule has 0 spiro atoms. The van der Waals surface area contributed by atoms with E-state index in [1.54, 1.807) is 10.6 Å². The lowest BCUT2D eigenvalue weighted by atomic mass is 10.1. The smallest absolute Gasteiger partial charge is 0.275 e. The molecule has 3 aromatic heterocycles. The monoisotopic (exact) mass is 441 g/mol. The fourth-order valence-electron chi connectivity index (χ4n) is 3.60. The number of H-pyrrole nitrogens is 1. The molecule has 0 aliphatic rings. The third kappa shape index (κ3) is 3.63. The quantitative estimate of drug-likeness (QED) is 0.472. The van der Waals surface area contributed by atoms with Gasteiger partial charge in [-0.3, -0.25) is 4.79 Å². The van der Waals surface area contributed by atoms with Gasteiger partial charge in [0.25, 0.3) is 15.6 Å². The molecule has 9 nitrogen and oxygen atoms in total. The molecule has 31 heavy (non-hydrogen) atoms. The van der Waals surface area contributed by atoms with Crippen molar-refractivity contribution in [2.45, 2.75) is 31.6 Å². The molecule has 3 heterocycles. The fraction of sp³-hybridized carbons (Fsp3) is 0.286. The van der Waals surface area contributed by atoms with Gasteiger partial charge in [0.2, 0.25) is 0 Å². The van der Waals surface area contributed by atoms with Gasteiger partial charge < -0.3 is 14.3 Å². The minimum absolute atomic E-state index is 0.0357. The highest BCUT2D eigenvalue weighted by Crippen LogP contribution is 2.32. The van der Waals surface area contributed by atoms with Crippen LogP contribution in [0.5, 0.6) is 5.75 Å². The van der Waals surface area contributed by atoms with E-state index in [0.29, 0.717) is 29.0 Å². The van der Waals surface area contributed by atoms with Gasteiger partial charge in [-0.1, -0.05) is 13.3 Å². The Balaban J connectivity index is 1.95. The molecular weight excluding hydrogens is 418 g/mol. The number of ether oxygens (including phenoxy) is 1. The zero-order valence-electron chi connectivity index (χ0n) is 17.5. The van der Waals surface area contributed by atoms with E-state index in [0.717, 1.165) is 22.4 Å².